The van der Waals surface area contributed by atoms with Crippen LogP contribution in [0.25, 0.3) is 0 Å². The molecule has 1 heterocycles. The Bertz CT molecular complexity index is 491. The van der Waals surface area contributed by atoms with Crippen LogP contribution < -0.4 is 5.73 Å². The maximum absolute atomic E-state index is 12.7. The van der Waals surface area contributed by atoms with E-state index in [1.807, 2.05) is 22.6 Å². The van der Waals surface area contributed by atoms with Gasteiger partial charge in [-0.15, -0.1) is 0 Å². The zero-order valence-corrected chi connectivity index (χ0v) is 13.3. The van der Waals surface area contributed by atoms with E-state index in [9.17, 15) is 4.79 Å². The predicted molar refractivity (Wildman–Crippen MR) is 82.1 cm³/mol. The Morgan fingerprint density at radius 3 is 2.70 bits per heavy atom. The van der Waals surface area contributed by atoms with Crippen LogP contribution in [-0.2, 0) is 0 Å². The summed E-state index contributed by atoms with van der Waals surface area (Å²) in [5.41, 5.74) is 6.40. The first kappa shape index (κ1) is 15.4. The van der Waals surface area contributed by atoms with Crippen LogP contribution in [0, 0.1) is 5.41 Å². The minimum atomic E-state index is -0.0769. The highest BCUT2D eigenvalue weighted by molar-refractivity contribution is 6.31. The van der Waals surface area contributed by atoms with Crippen LogP contribution in [0.15, 0.2) is 12.3 Å². The lowest BCUT2D eigenvalue weighted by Crippen LogP contribution is -2.42. The van der Waals surface area contributed by atoms with E-state index >= 15 is 0 Å². The van der Waals surface area contributed by atoms with Crippen molar-refractivity contribution < 1.29 is 4.79 Å². The van der Waals surface area contributed by atoms with Gasteiger partial charge in [0, 0.05) is 25.3 Å². The highest BCUT2D eigenvalue weighted by Crippen LogP contribution is 2.37. The highest BCUT2D eigenvalue weighted by atomic mass is 35.5. The fraction of sp³-hybridized carbons (Fsp3) is 0.667. The van der Waals surface area contributed by atoms with E-state index in [4.69, 9.17) is 17.3 Å². The monoisotopic (exact) mass is 297 g/mol. The van der Waals surface area contributed by atoms with Gasteiger partial charge in [0.15, 0.2) is 0 Å². The van der Waals surface area contributed by atoms with Gasteiger partial charge in [-0.25, -0.2) is 0 Å². The average Bonchev–Trinajstić information content (AvgIpc) is 3.18. The minimum Gasteiger partial charge on any atom is -0.339 e. The largest absolute Gasteiger partial charge is 0.339 e. The number of nitrogens with two attached hydrogens (primary N) is 1. The maximum Gasteiger partial charge on any atom is 0.270 e. The summed E-state index contributed by atoms with van der Waals surface area (Å²) in [5.74, 6) is 0.0489. The number of hydrogen-bond acceptors (Lipinski definition) is 2. The van der Waals surface area contributed by atoms with Crippen LogP contribution in [0.2, 0.25) is 5.02 Å². The first-order valence-corrected chi connectivity index (χ1v) is 7.62. The number of aromatic nitrogens is 1. The third-order valence-electron chi connectivity index (χ3n) is 3.81. The van der Waals surface area contributed by atoms with Crippen LogP contribution >= 0.6 is 11.6 Å². The zero-order valence-electron chi connectivity index (χ0n) is 12.5. The van der Waals surface area contributed by atoms with E-state index in [1.165, 1.54) is 0 Å². The molecule has 1 fully saturated rings. The maximum atomic E-state index is 12.7. The van der Waals surface area contributed by atoms with Crippen molar-refractivity contribution in [3.8, 4) is 0 Å². The lowest BCUT2D eigenvalue weighted by molar-refractivity contribution is 0.0689. The Morgan fingerprint density at radius 1 is 1.55 bits per heavy atom. The van der Waals surface area contributed by atoms with Gasteiger partial charge in [0.1, 0.15) is 5.69 Å². The summed E-state index contributed by atoms with van der Waals surface area (Å²) in [6, 6.07) is 2.23. The quantitative estimate of drug-likeness (QED) is 0.878. The lowest BCUT2D eigenvalue weighted by atomic mass is 9.93. The molecule has 1 aliphatic carbocycles. The van der Waals surface area contributed by atoms with E-state index in [2.05, 4.69) is 13.8 Å². The summed E-state index contributed by atoms with van der Waals surface area (Å²) in [5, 5.41) is 0.634. The molecule has 0 bridgehead atoms. The second-order valence-corrected chi connectivity index (χ2v) is 6.81. The number of rotatable bonds is 6. The molecule has 0 radical (unpaired) electrons. The van der Waals surface area contributed by atoms with Crippen LogP contribution in [0.4, 0.5) is 0 Å². The smallest absolute Gasteiger partial charge is 0.270 e. The SMILES string of the molecule is CCN(CC(C)(C)CN)C(=O)c1cc(Cl)cn1C1CC1. The van der Waals surface area contributed by atoms with Crippen LogP contribution in [0.5, 0.6) is 0 Å². The first-order valence-electron chi connectivity index (χ1n) is 7.24. The van der Waals surface area contributed by atoms with Crippen molar-refractivity contribution >= 4 is 17.5 Å². The molecule has 112 valence electrons. The molecule has 20 heavy (non-hydrogen) atoms. The number of halogens is 1. The second kappa shape index (κ2) is 5.78. The van der Waals surface area contributed by atoms with Crippen molar-refractivity contribution in [3.63, 3.8) is 0 Å². The summed E-state index contributed by atoms with van der Waals surface area (Å²) >= 11 is 6.08. The molecule has 4 nitrogen and oxygen atoms in total. The molecule has 5 heteroatoms. The van der Waals surface area contributed by atoms with Gasteiger partial charge in [-0.05, 0) is 37.8 Å². The third kappa shape index (κ3) is 3.36. The van der Waals surface area contributed by atoms with Gasteiger partial charge in [0.2, 0.25) is 0 Å². The predicted octanol–water partition coefficient (Wildman–Crippen LogP) is 2.92. The van der Waals surface area contributed by atoms with Gasteiger partial charge in [-0.3, -0.25) is 4.79 Å². The molecule has 1 aromatic rings. The Kier molecular flexibility index (Phi) is 4.45. The second-order valence-electron chi connectivity index (χ2n) is 6.37. The lowest BCUT2D eigenvalue weighted by Gasteiger charge is -2.31. The third-order valence-corrected chi connectivity index (χ3v) is 4.02. The van der Waals surface area contributed by atoms with Crippen molar-refractivity contribution in [3.05, 3.63) is 23.0 Å². The normalized spacial score (nSPS) is 15.4. The first-order chi connectivity index (χ1) is 9.38. The number of amides is 1. The fourth-order valence-electron chi connectivity index (χ4n) is 2.34. The van der Waals surface area contributed by atoms with Crippen molar-refractivity contribution in [2.45, 2.75) is 39.7 Å². The van der Waals surface area contributed by atoms with E-state index in [1.54, 1.807) is 6.07 Å². The number of nitrogens with zero attached hydrogens (tertiary/aromatic N) is 2. The molecule has 0 aromatic carbocycles. The average molecular weight is 298 g/mol. The van der Waals surface area contributed by atoms with Gasteiger partial charge in [0.05, 0.1) is 5.02 Å². The molecular formula is C15H24ClN3O. The van der Waals surface area contributed by atoms with E-state index in [0.29, 0.717) is 36.4 Å². The van der Waals surface area contributed by atoms with Crippen LogP contribution in [0.3, 0.4) is 0 Å². The van der Waals surface area contributed by atoms with E-state index in [0.717, 1.165) is 12.8 Å². The van der Waals surface area contributed by atoms with Gasteiger partial charge in [0.25, 0.3) is 5.91 Å². The molecule has 0 saturated heterocycles. The molecular weight excluding hydrogens is 274 g/mol. The Balaban J connectivity index is 2.20. The van der Waals surface area contributed by atoms with Crippen molar-refractivity contribution in [2.24, 2.45) is 11.1 Å². The summed E-state index contributed by atoms with van der Waals surface area (Å²) in [7, 11) is 0. The molecule has 0 atom stereocenters. The van der Waals surface area contributed by atoms with Crippen LogP contribution in [-0.4, -0.2) is 35.0 Å². The van der Waals surface area contributed by atoms with Crippen LogP contribution in [0.1, 0.15) is 50.1 Å². The summed E-state index contributed by atoms with van der Waals surface area (Å²) < 4.78 is 2.03. The molecule has 2 rings (SSSR count). The number of hydrogen-bond donors (Lipinski definition) is 1. The molecule has 1 saturated carbocycles. The van der Waals surface area contributed by atoms with Gasteiger partial charge in [-0.2, -0.15) is 0 Å². The molecule has 0 aliphatic heterocycles. The van der Waals surface area contributed by atoms with Crippen molar-refractivity contribution in [1.82, 2.24) is 9.47 Å². The minimum absolute atomic E-state index is 0.0489. The standard InChI is InChI=1S/C15H24ClN3O/c1-4-18(10-15(2,3)9-17)14(20)13-7-11(16)8-19(13)12-5-6-12/h7-8,12H,4-6,9-10,17H2,1-3H3. The molecule has 1 aromatic heterocycles. The Labute approximate surface area is 125 Å². The van der Waals surface area contributed by atoms with E-state index in [-0.39, 0.29) is 11.3 Å². The molecule has 0 spiro atoms. The topological polar surface area (TPSA) is 51.3 Å². The van der Waals surface area contributed by atoms with Gasteiger partial charge < -0.3 is 15.2 Å². The number of carbonyl (C=O) groups is 1. The molecule has 1 aliphatic rings. The summed E-state index contributed by atoms with van der Waals surface area (Å²) in [6.45, 7) is 8.05. The van der Waals surface area contributed by atoms with Crippen molar-refractivity contribution in [1.29, 1.82) is 0 Å². The van der Waals surface area contributed by atoms with E-state index < -0.39 is 0 Å². The fourth-order valence-corrected chi connectivity index (χ4v) is 2.55. The molecule has 2 N–H and O–H groups in total. The molecule has 1 amide bonds. The highest BCUT2D eigenvalue weighted by Gasteiger charge is 2.30. The van der Waals surface area contributed by atoms with Gasteiger partial charge >= 0.3 is 0 Å². The number of carbonyl (C=O) groups excluding carboxylic acids is 1. The van der Waals surface area contributed by atoms with Crippen molar-refractivity contribution in [2.75, 3.05) is 19.6 Å². The Hall–Kier alpha value is -1.00. The Morgan fingerprint density at radius 2 is 2.20 bits per heavy atom. The molecule has 0 unspecified atom stereocenters. The zero-order chi connectivity index (χ0) is 14.9. The summed E-state index contributed by atoms with van der Waals surface area (Å²) in [4.78, 5) is 14.6. The van der Waals surface area contributed by atoms with Gasteiger partial charge in [-0.1, -0.05) is 25.4 Å². The summed E-state index contributed by atoms with van der Waals surface area (Å²) in [6.07, 6.45) is 4.13.